The minimum absolute atomic E-state index is 0.157. The second kappa shape index (κ2) is 11.5. The van der Waals surface area contributed by atoms with Gasteiger partial charge in [-0.25, -0.2) is 0 Å². The van der Waals surface area contributed by atoms with Crippen LogP contribution in [0.5, 0.6) is 0 Å². The average molecular weight is 403 g/mol. The van der Waals surface area contributed by atoms with E-state index in [4.69, 9.17) is 4.74 Å². The van der Waals surface area contributed by atoms with Gasteiger partial charge in [-0.15, -0.1) is 0 Å². The molecular formula is C16H23BrN2O3S. The summed E-state index contributed by atoms with van der Waals surface area (Å²) in [5, 5.41) is 5.67. The predicted molar refractivity (Wildman–Crippen MR) is 97.9 cm³/mol. The van der Waals surface area contributed by atoms with Gasteiger partial charge in [0.05, 0.1) is 5.56 Å². The van der Waals surface area contributed by atoms with Crippen LogP contribution in [0.15, 0.2) is 28.7 Å². The lowest BCUT2D eigenvalue weighted by Crippen LogP contribution is -2.47. The number of hydrogen-bond donors (Lipinski definition) is 2. The number of carbonyl (C=O) groups excluding carboxylic acids is 2. The Labute approximate surface area is 150 Å². The van der Waals surface area contributed by atoms with Gasteiger partial charge >= 0.3 is 0 Å². The van der Waals surface area contributed by atoms with Crippen LogP contribution in [0.25, 0.3) is 0 Å². The molecule has 0 bridgehead atoms. The molecule has 1 atom stereocenters. The van der Waals surface area contributed by atoms with E-state index in [0.29, 0.717) is 29.6 Å². The van der Waals surface area contributed by atoms with Crippen LogP contribution in [0.2, 0.25) is 0 Å². The highest BCUT2D eigenvalue weighted by Gasteiger charge is 2.21. The van der Waals surface area contributed by atoms with E-state index in [1.807, 2.05) is 12.3 Å². The highest BCUT2D eigenvalue weighted by atomic mass is 79.9. The molecule has 0 spiro atoms. The topological polar surface area (TPSA) is 67.4 Å². The molecule has 0 aliphatic rings. The van der Waals surface area contributed by atoms with Crippen molar-refractivity contribution in [2.75, 3.05) is 32.3 Å². The first-order valence-electron chi connectivity index (χ1n) is 7.41. The molecule has 7 heteroatoms. The van der Waals surface area contributed by atoms with E-state index < -0.39 is 6.04 Å². The van der Waals surface area contributed by atoms with Crippen molar-refractivity contribution in [2.24, 2.45) is 0 Å². The van der Waals surface area contributed by atoms with E-state index in [1.165, 1.54) is 0 Å². The van der Waals surface area contributed by atoms with Gasteiger partial charge in [0.2, 0.25) is 5.91 Å². The first kappa shape index (κ1) is 20.0. The van der Waals surface area contributed by atoms with E-state index >= 15 is 0 Å². The van der Waals surface area contributed by atoms with Crippen molar-refractivity contribution >= 4 is 39.5 Å². The summed E-state index contributed by atoms with van der Waals surface area (Å²) >= 11 is 5.00. The van der Waals surface area contributed by atoms with Crippen molar-refractivity contribution < 1.29 is 14.3 Å². The molecule has 2 amide bonds. The van der Waals surface area contributed by atoms with E-state index in [9.17, 15) is 9.59 Å². The zero-order valence-electron chi connectivity index (χ0n) is 13.4. The number of carbonyl (C=O) groups is 2. The molecule has 1 unspecified atom stereocenters. The van der Waals surface area contributed by atoms with Crippen LogP contribution in [0, 0.1) is 0 Å². The highest BCUT2D eigenvalue weighted by molar-refractivity contribution is 9.10. The molecule has 0 saturated heterocycles. The third kappa shape index (κ3) is 7.37. The lowest BCUT2D eigenvalue weighted by molar-refractivity contribution is -0.123. The molecule has 2 N–H and O–H groups in total. The van der Waals surface area contributed by atoms with E-state index in [-0.39, 0.29) is 11.8 Å². The van der Waals surface area contributed by atoms with E-state index in [0.717, 1.165) is 12.2 Å². The van der Waals surface area contributed by atoms with E-state index in [1.54, 1.807) is 37.1 Å². The van der Waals surface area contributed by atoms with Gasteiger partial charge in [0.25, 0.3) is 5.91 Å². The largest absolute Gasteiger partial charge is 0.385 e. The fourth-order valence-corrected chi connectivity index (χ4v) is 2.87. The molecule has 128 valence electrons. The number of nitrogens with one attached hydrogen (secondary N) is 2. The minimum Gasteiger partial charge on any atom is -0.385 e. The fraction of sp³-hybridized carbons (Fsp3) is 0.500. The van der Waals surface area contributed by atoms with Gasteiger partial charge < -0.3 is 15.4 Å². The van der Waals surface area contributed by atoms with Crippen LogP contribution >= 0.6 is 27.7 Å². The first-order chi connectivity index (χ1) is 11.1. The average Bonchev–Trinajstić information content (AvgIpc) is 2.55. The number of methoxy groups -OCH3 is 1. The lowest BCUT2D eigenvalue weighted by atomic mass is 10.1. The Morgan fingerprint density at radius 1 is 1.35 bits per heavy atom. The van der Waals surface area contributed by atoms with Crippen molar-refractivity contribution in [2.45, 2.75) is 18.9 Å². The maximum Gasteiger partial charge on any atom is 0.253 e. The SMILES string of the molecule is COCCCNC(=O)C(CCSC)NC(=O)c1ccccc1Br. The van der Waals surface area contributed by atoms with Crippen molar-refractivity contribution in [1.82, 2.24) is 10.6 Å². The smallest absolute Gasteiger partial charge is 0.253 e. The van der Waals surface area contributed by atoms with Crippen LogP contribution in [0.3, 0.4) is 0 Å². The summed E-state index contributed by atoms with van der Waals surface area (Å²) in [6.07, 6.45) is 3.31. The molecule has 1 rings (SSSR count). The summed E-state index contributed by atoms with van der Waals surface area (Å²) in [4.78, 5) is 24.6. The van der Waals surface area contributed by atoms with Crippen LogP contribution in [-0.4, -0.2) is 50.1 Å². The molecule has 0 fully saturated rings. The summed E-state index contributed by atoms with van der Waals surface area (Å²) < 4.78 is 5.66. The molecule has 1 aromatic carbocycles. The molecule has 0 aliphatic carbocycles. The summed E-state index contributed by atoms with van der Waals surface area (Å²) in [6.45, 7) is 1.13. The normalized spacial score (nSPS) is 11.8. The summed E-state index contributed by atoms with van der Waals surface area (Å²) in [6, 6.07) is 6.62. The van der Waals surface area contributed by atoms with Crippen molar-refractivity contribution in [3.05, 3.63) is 34.3 Å². The number of thioether (sulfide) groups is 1. The van der Waals surface area contributed by atoms with Gasteiger partial charge in [0.1, 0.15) is 6.04 Å². The Morgan fingerprint density at radius 2 is 2.09 bits per heavy atom. The maximum absolute atomic E-state index is 12.4. The lowest BCUT2D eigenvalue weighted by Gasteiger charge is -2.18. The van der Waals surface area contributed by atoms with Crippen molar-refractivity contribution in [3.63, 3.8) is 0 Å². The number of halogens is 1. The third-order valence-electron chi connectivity index (χ3n) is 3.18. The molecule has 0 aromatic heterocycles. The summed E-state index contributed by atoms with van der Waals surface area (Å²) in [5.41, 5.74) is 0.522. The molecule has 0 aliphatic heterocycles. The Hall–Kier alpha value is -1.05. The molecule has 0 heterocycles. The molecule has 5 nitrogen and oxygen atoms in total. The van der Waals surface area contributed by atoms with Crippen LogP contribution in [-0.2, 0) is 9.53 Å². The van der Waals surface area contributed by atoms with Crippen LogP contribution in [0.1, 0.15) is 23.2 Å². The number of hydrogen-bond acceptors (Lipinski definition) is 4. The number of ether oxygens (including phenoxy) is 1. The fourth-order valence-electron chi connectivity index (χ4n) is 1.94. The monoisotopic (exact) mass is 402 g/mol. The standard InChI is InChI=1S/C16H23BrN2O3S/c1-22-10-5-9-18-16(21)14(8-11-23-2)19-15(20)12-6-3-4-7-13(12)17/h3-4,6-7,14H,5,8-11H2,1-2H3,(H,18,21)(H,19,20). The number of amides is 2. The second-order valence-corrected chi connectivity index (χ2v) is 6.76. The molecule has 23 heavy (non-hydrogen) atoms. The predicted octanol–water partition coefficient (Wildman–Crippen LogP) is 2.45. The quantitative estimate of drug-likeness (QED) is 0.589. The Morgan fingerprint density at radius 3 is 2.74 bits per heavy atom. The third-order valence-corrected chi connectivity index (χ3v) is 4.51. The highest BCUT2D eigenvalue weighted by Crippen LogP contribution is 2.16. The summed E-state index contributed by atoms with van der Waals surface area (Å²) in [5.74, 6) is 0.387. The van der Waals surface area contributed by atoms with Crippen LogP contribution < -0.4 is 10.6 Å². The van der Waals surface area contributed by atoms with Gasteiger partial charge in [0, 0.05) is 24.7 Å². The van der Waals surface area contributed by atoms with Gasteiger partial charge in [-0.3, -0.25) is 9.59 Å². The van der Waals surface area contributed by atoms with Crippen molar-refractivity contribution in [3.8, 4) is 0 Å². The number of benzene rings is 1. The molecular weight excluding hydrogens is 380 g/mol. The summed E-state index contributed by atoms with van der Waals surface area (Å²) in [7, 11) is 1.63. The molecule has 0 saturated carbocycles. The second-order valence-electron chi connectivity index (χ2n) is 4.92. The zero-order valence-corrected chi connectivity index (χ0v) is 15.8. The molecule has 0 radical (unpaired) electrons. The first-order valence-corrected chi connectivity index (χ1v) is 9.59. The van der Waals surface area contributed by atoms with Crippen LogP contribution in [0.4, 0.5) is 0 Å². The Bertz CT molecular complexity index is 514. The molecule has 1 aromatic rings. The maximum atomic E-state index is 12.4. The van der Waals surface area contributed by atoms with E-state index in [2.05, 4.69) is 26.6 Å². The van der Waals surface area contributed by atoms with Gasteiger partial charge in [-0.05, 0) is 52.9 Å². The van der Waals surface area contributed by atoms with Gasteiger partial charge in [-0.1, -0.05) is 12.1 Å². The van der Waals surface area contributed by atoms with Gasteiger partial charge in [-0.2, -0.15) is 11.8 Å². The number of rotatable bonds is 10. The zero-order chi connectivity index (χ0) is 17.1. The van der Waals surface area contributed by atoms with Crippen molar-refractivity contribution in [1.29, 1.82) is 0 Å². The minimum atomic E-state index is -0.537. The van der Waals surface area contributed by atoms with Gasteiger partial charge in [0.15, 0.2) is 0 Å². The Kier molecular flexibility index (Phi) is 9.98. The Balaban J connectivity index is 2.64.